The van der Waals surface area contributed by atoms with E-state index in [1.54, 1.807) is 23.1 Å². The van der Waals surface area contributed by atoms with E-state index in [2.05, 4.69) is 27.7 Å². The van der Waals surface area contributed by atoms with Crippen LogP contribution in [0, 0.1) is 11.8 Å². The van der Waals surface area contributed by atoms with Crippen molar-refractivity contribution in [2.75, 3.05) is 25.5 Å². The minimum absolute atomic E-state index is 0.0794. The van der Waals surface area contributed by atoms with Crippen LogP contribution in [0.5, 0.6) is 0 Å². The molecule has 2 aromatic rings. The number of amides is 3. The molecule has 8 nitrogen and oxygen atoms in total. The predicted molar refractivity (Wildman–Crippen MR) is 162 cm³/mol. The van der Waals surface area contributed by atoms with Gasteiger partial charge in [0.05, 0.1) is 28.0 Å². The summed E-state index contributed by atoms with van der Waals surface area (Å²) < 4.78 is 6.47. The molecule has 42 heavy (non-hydrogen) atoms. The number of carbonyl (C=O) groups excluding carboxylic acids is 3. The van der Waals surface area contributed by atoms with Gasteiger partial charge in [-0.3, -0.25) is 14.4 Å². The summed E-state index contributed by atoms with van der Waals surface area (Å²) >= 11 is 12.2. The second kappa shape index (κ2) is 12.0. The van der Waals surface area contributed by atoms with Gasteiger partial charge in [0.1, 0.15) is 11.6 Å². The maximum absolute atomic E-state index is 14.2. The summed E-state index contributed by atoms with van der Waals surface area (Å²) in [5.41, 5.74) is 0.448. The van der Waals surface area contributed by atoms with E-state index < -0.39 is 29.6 Å². The van der Waals surface area contributed by atoms with Gasteiger partial charge in [0.25, 0.3) is 0 Å². The van der Waals surface area contributed by atoms with Crippen molar-refractivity contribution in [2.45, 2.75) is 62.4 Å². The summed E-state index contributed by atoms with van der Waals surface area (Å²) in [7, 11) is 2.00. The minimum atomic E-state index is -1.20. The topological polar surface area (TPSA) is 91.0 Å². The number of nitrogens with zero attached hydrogens (tertiary/aromatic N) is 2. The van der Waals surface area contributed by atoms with Gasteiger partial charge >= 0.3 is 0 Å². The van der Waals surface area contributed by atoms with E-state index in [-0.39, 0.29) is 23.8 Å². The molecule has 3 aliphatic heterocycles. The third kappa shape index (κ3) is 5.46. The molecule has 2 N–H and O–H groups in total. The van der Waals surface area contributed by atoms with Crippen molar-refractivity contribution < 1.29 is 19.1 Å². The second-order valence-electron chi connectivity index (χ2n) is 11.9. The summed E-state index contributed by atoms with van der Waals surface area (Å²) in [5.74, 6) is -2.38. The van der Waals surface area contributed by atoms with Gasteiger partial charge in [-0.25, -0.2) is 0 Å². The first-order valence-electron chi connectivity index (χ1n) is 14.7. The highest BCUT2D eigenvalue weighted by atomic mass is 35.5. The van der Waals surface area contributed by atoms with Crippen molar-refractivity contribution in [3.63, 3.8) is 0 Å². The molecule has 2 aromatic carbocycles. The molecule has 1 aliphatic carbocycles. The summed E-state index contributed by atoms with van der Waals surface area (Å²) in [6.07, 6.45) is 8.25. The lowest BCUT2D eigenvalue weighted by Crippen LogP contribution is -2.57. The molecule has 4 aliphatic rings. The van der Waals surface area contributed by atoms with E-state index in [0.717, 1.165) is 25.7 Å². The van der Waals surface area contributed by atoms with Crippen LogP contribution in [0.3, 0.4) is 0 Å². The van der Waals surface area contributed by atoms with Crippen LogP contribution in [0.2, 0.25) is 10.0 Å². The fraction of sp³-hybridized carbons (Fsp3) is 0.469. The van der Waals surface area contributed by atoms with Gasteiger partial charge in [0.15, 0.2) is 0 Å². The SMILES string of the molecule is CN(CCN1C(=O)[C@@H]2[C@H](C(=O)Nc3ccc(Cl)c(Cl)c3)[C@@H]3C=C[C@@]2(O3)[C@H]1C(=O)NC1CCCCC1)Cc1ccccc1. The molecule has 10 heteroatoms. The number of rotatable bonds is 9. The average molecular weight is 612 g/mol. The molecule has 1 spiro atoms. The average Bonchev–Trinajstić information content (AvgIpc) is 3.62. The van der Waals surface area contributed by atoms with Gasteiger partial charge < -0.3 is 25.2 Å². The van der Waals surface area contributed by atoms with Crippen LogP contribution in [0.4, 0.5) is 5.69 Å². The number of halogens is 2. The molecule has 0 unspecified atom stereocenters. The normalized spacial score (nSPS) is 28.4. The largest absolute Gasteiger partial charge is 0.359 e. The lowest BCUT2D eigenvalue weighted by Gasteiger charge is -2.34. The van der Waals surface area contributed by atoms with Gasteiger partial charge in [-0.15, -0.1) is 0 Å². The second-order valence-corrected chi connectivity index (χ2v) is 12.7. The van der Waals surface area contributed by atoms with Crippen molar-refractivity contribution in [1.82, 2.24) is 15.1 Å². The molecule has 222 valence electrons. The number of likely N-dealkylation sites (tertiary alicyclic amines) is 1. The fourth-order valence-corrected chi connectivity index (χ4v) is 7.39. The molecule has 3 amide bonds. The van der Waals surface area contributed by atoms with E-state index >= 15 is 0 Å². The maximum Gasteiger partial charge on any atom is 0.246 e. The number of nitrogens with one attached hydrogen (secondary N) is 2. The third-order valence-corrected chi connectivity index (χ3v) is 9.82. The van der Waals surface area contributed by atoms with Crippen LogP contribution in [0.15, 0.2) is 60.7 Å². The minimum Gasteiger partial charge on any atom is -0.359 e. The van der Waals surface area contributed by atoms with E-state index in [4.69, 9.17) is 27.9 Å². The van der Waals surface area contributed by atoms with E-state index in [1.165, 1.54) is 12.0 Å². The van der Waals surface area contributed by atoms with Crippen molar-refractivity contribution in [3.05, 3.63) is 76.3 Å². The first-order valence-corrected chi connectivity index (χ1v) is 15.5. The number of hydrogen-bond donors (Lipinski definition) is 2. The van der Waals surface area contributed by atoms with Crippen molar-refractivity contribution in [3.8, 4) is 0 Å². The highest BCUT2D eigenvalue weighted by molar-refractivity contribution is 6.42. The first-order chi connectivity index (χ1) is 20.3. The number of hydrogen-bond acceptors (Lipinski definition) is 5. The predicted octanol–water partition coefficient (Wildman–Crippen LogP) is 4.66. The zero-order chi connectivity index (χ0) is 29.4. The number of anilines is 1. The van der Waals surface area contributed by atoms with Gasteiger partial charge in [-0.2, -0.15) is 0 Å². The summed E-state index contributed by atoms with van der Waals surface area (Å²) in [5, 5.41) is 6.83. The quantitative estimate of drug-likeness (QED) is 0.403. The Balaban J connectivity index is 1.25. The van der Waals surface area contributed by atoms with Crippen LogP contribution in [-0.4, -0.2) is 71.4 Å². The molecule has 0 aromatic heterocycles. The highest BCUT2D eigenvalue weighted by Gasteiger charge is 2.72. The van der Waals surface area contributed by atoms with E-state index in [0.29, 0.717) is 35.4 Å². The molecule has 5 atom stereocenters. The lowest BCUT2D eigenvalue weighted by atomic mass is 9.74. The Morgan fingerprint density at radius 1 is 1.05 bits per heavy atom. The smallest absolute Gasteiger partial charge is 0.246 e. The Morgan fingerprint density at radius 3 is 2.55 bits per heavy atom. The summed E-state index contributed by atoms with van der Waals surface area (Å²) in [6.45, 7) is 1.61. The Morgan fingerprint density at radius 2 is 1.81 bits per heavy atom. The van der Waals surface area contributed by atoms with Gasteiger partial charge in [0, 0.05) is 31.4 Å². The number of ether oxygens (including phenoxy) is 1. The Hall–Kier alpha value is -2.91. The monoisotopic (exact) mass is 610 g/mol. The number of likely N-dealkylation sites (N-methyl/N-ethyl adjacent to an activating group) is 1. The molecular formula is C32H36Cl2N4O4. The highest BCUT2D eigenvalue weighted by Crippen LogP contribution is 2.55. The zero-order valence-corrected chi connectivity index (χ0v) is 25.1. The van der Waals surface area contributed by atoms with Crippen LogP contribution < -0.4 is 10.6 Å². The number of carbonyl (C=O) groups is 3. The van der Waals surface area contributed by atoms with Crippen molar-refractivity contribution in [1.29, 1.82) is 0 Å². The molecule has 2 bridgehead atoms. The maximum atomic E-state index is 14.2. The molecule has 1 saturated carbocycles. The van der Waals surface area contributed by atoms with Crippen molar-refractivity contribution in [2.24, 2.45) is 11.8 Å². The first kappa shape index (κ1) is 29.2. The molecular weight excluding hydrogens is 575 g/mol. The van der Waals surface area contributed by atoms with Gasteiger partial charge in [-0.1, -0.05) is 84.9 Å². The van der Waals surface area contributed by atoms with Gasteiger partial charge in [0.2, 0.25) is 17.7 Å². The third-order valence-electron chi connectivity index (χ3n) is 9.08. The molecule has 3 heterocycles. The number of benzene rings is 2. The molecule has 3 fully saturated rings. The summed E-state index contributed by atoms with van der Waals surface area (Å²) in [4.78, 5) is 45.7. The zero-order valence-electron chi connectivity index (χ0n) is 23.6. The van der Waals surface area contributed by atoms with Crippen LogP contribution in [0.1, 0.15) is 37.7 Å². The Labute approximate surface area is 256 Å². The van der Waals surface area contributed by atoms with Crippen LogP contribution >= 0.6 is 23.2 Å². The summed E-state index contributed by atoms with van der Waals surface area (Å²) in [6, 6.07) is 14.2. The molecule has 0 radical (unpaired) electrons. The van der Waals surface area contributed by atoms with E-state index in [1.807, 2.05) is 37.4 Å². The Bertz CT molecular complexity index is 1380. The van der Waals surface area contributed by atoms with Crippen LogP contribution in [0.25, 0.3) is 0 Å². The van der Waals surface area contributed by atoms with Crippen molar-refractivity contribution >= 4 is 46.6 Å². The van der Waals surface area contributed by atoms with Crippen LogP contribution in [-0.2, 0) is 25.7 Å². The van der Waals surface area contributed by atoms with Gasteiger partial charge in [-0.05, 0) is 43.7 Å². The number of fused-ring (bicyclic) bond motifs is 1. The van der Waals surface area contributed by atoms with E-state index in [9.17, 15) is 14.4 Å². The lowest BCUT2D eigenvalue weighted by molar-refractivity contribution is -0.141. The molecule has 6 rings (SSSR count). The standard InChI is InChI=1S/C32H36Cl2N4O4/c1-37(19-20-8-4-2-5-9-20)16-17-38-28(30(40)35-21-10-6-3-7-11-21)32-15-14-25(42-32)26(27(32)31(38)41)29(39)36-22-12-13-23(33)24(34)18-22/h2,4-5,8-9,12-15,18,21,25-28H,3,6-7,10-11,16-17,19H2,1H3,(H,35,40)(H,36,39)/t25-,26+,27-,28+,32-/m0/s1. The molecule has 2 saturated heterocycles. The fourth-order valence-electron chi connectivity index (χ4n) is 7.09. The Kier molecular flexibility index (Phi) is 8.33.